The van der Waals surface area contributed by atoms with Crippen LogP contribution in [0.4, 0.5) is 4.79 Å². The predicted molar refractivity (Wildman–Crippen MR) is 116 cm³/mol. The van der Waals surface area contributed by atoms with Gasteiger partial charge in [0.05, 0.1) is 0 Å². The fraction of sp³-hybridized carbons (Fsp3) is 0.458. The molecule has 30 heavy (non-hydrogen) atoms. The minimum absolute atomic E-state index is 0.180. The summed E-state index contributed by atoms with van der Waals surface area (Å²) in [6.07, 6.45) is 4.14. The molecule has 1 aliphatic heterocycles. The van der Waals surface area contributed by atoms with Crippen LogP contribution in [0.3, 0.4) is 0 Å². The lowest BCUT2D eigenvalue weighted by Gasteiger charge is -2.34. The van der Waals surface area contributed by atoms with Gasteiger partial charge < -0.3 is 10.2 Å². The Bertz CT molecular complexity index is 991. The van der Waals surface area contributed by atoms with Crippen molar-refractivity contribution in [3.63, 3.8) is 0 Å². The molecule has 4 rings (SSSR count). The van der Waals surface area contributed by atoms with Crippen LogP contribution in [-0.4, -0.2) is 47.3 Å². The summed E-state index contributed by atoms with van der Waals surface area (Å²) >= 11 is 0. The first-order valence-electron chi connectivity index (χ1n) is 10.7. The number of rotatable bonds is 4. The van der Waals surface area contributed by atoms with E-state index >= 15 is 0 Å². The molecule has 2 aliphatic rings. The van der Waals surface area contributed by atoms with Crippen LogP contribution >= 0.6 is 0 Å². The minimum atomic E-state index is -1.20. The van der Waals surface area contributed by atoms with Crippen molar-refractivity contribution < 1.29 is 14.4 Å². The van der Waals surface area contributed by atoms with Crippen LogP contribution in [0.25, 0.3) is 10.8 Å². The van der Waals surface area contributed by atoms with Gasteiger partial charge in [-0.25, -0.2) is 4.79 Å². The standard InChI is InChI=1S/C24H29N3O3/c1-16-11-13-18(14-12-16)26(3)21(28)15-27-22(29)24(2,25-23(27)30)20-10-6-8-17-7-4-5-9-19(17)20/h4-10,16,18H,11-15H2,1-3H3,(H,25,30)/t16?,18?,24-/m0/s1. The van der Waals surface area contributed by atoms with Crippen molar-refractivity contribution in [2.45, 2.75) is 51.1 Å². The summed E-state index contributed by atoms with van der Waals surface area (Å²) in [7, 11) is 1.78. The highest BCUT2D eigenvalue weighted by Gasteiger charge is 2.50. The zero-order valence-corrected chi connectivity index (χ0v) is 17.9. The lowest BCUT2D eigenvalue weighted by atomic mass is 9.86. The van der Waals surface area contributed by atoms with Gasteiger partial charge in [0.1, 0.15) is 12.1 Å². The minimum Gasteiger partial charge on any atom is -0.341 e. The first kappa shape index (κ1) is 20.4. The second-order valence-corrected chi connectivity index (χ2v) is 8.89. The van der Waals surface area contributed by atoms with Crippen molar-refractivity contribution in [3.05, 3.63) is 48.0 Å². The SMILES string of the molecule is CC1CCC(N(C)C(=O)CN2C(=O)N[C@@](C)(c3cccc4ccccc34)C2=O)CC1. The number of hydrogen-bond acceptors (Lipinski definition) is 3. The van der Waals surface area contributed by atoms with E-state index in [0.717, 1.165) is 46.9 Å². The number of imide groups is 1. The third-order valence-corrected chi connectivity index (χ3v) is 6.82. The maximum absolute atomic E-state index is 13.3. The van der Waals surface area contributed by atoms with E-state index in [-0.39, 0.29) is 24.4 Å². The Morgan fingerprint density at radius 3 is 2.50 bits per heavy atom. The number of urea groups is 1. The van der Waals surface area contributed by atoms with Crippen LogP contribution in [-0.2, 0) is 15.1 Å². The number of amides is 4. The molecule has 158 valence electrons. The highest BCUT2D eigenvalue weighted by molar-refractivity contribution is 6.10. The Balaban J connectivity index is 1.54. The van der Waals surface area contributed by atoms with Gasteiger partial charge in [-0.05, 0) is 54.9 Å². The summed E-state index contributed by atoms with van der Waals surface area (Å²) in [5.41, 5.74) is -0.458. The average molecular weight is 408 g/mol. The molecule has 0 radical (unpaired) electrons. The fourth-order valence-corrected chi connectivity index (χ4v) is 4.76. The zero-order valence-electron chi connectivity index (χ0n) is 17.9. The van der Waals surface area contributed by atoms with Gasteiger partial charge in [0.2, 0.25) is 5.91 Å². The summed E-state index contributed by atoms with van der Waals surface area (Å²) in [4.78, 5) is 41.7. The molecule has 2 fully saturated rings. The summed E-state index contributed by atoms with van der Waals surface area (Å²) in [5.74, 6) is 0.111. The van der Waals surface area contributed by atoms with Gasteiger partial charge in [-0.1, -0.05) is 49.4 Å². The Labute approximate surface area is 177 Å². The Kier molecular flexibility index (Phi) is 5.26. The normalized spacial score (nSPS) is 26.7. The number of hydrogen-bond donors (Lipinski definition) is 1. The van der Waals surface area contributed by atoms with Gasteiger partial charge in [-0.3, -0.25) is 14.5 Å². The number of nitrogens with zero attached hydrogens (tertiary/aromatic N) is 2. The molecule has 0 aromatic heterocycles. The molecule has 6 nitrogen and oxygen atoms in total. The number of fused-ring (bicyclic) bond motifs is 1. The highest BCUT2D eigenvalue weighted by Crippen LogP contribution is 2.34. The molecular formula is C24H29N3O3. The zero-order chi connectivity index (χ0) is 21.5. The Hall–Kier alpha value is -2.89. The number of nitrogens with one attached hydrogen (secondary N) is 1. The summed E-state index contributed by atoms with van der Waals surface area (Å²) in [6, 6.07) is 13.2. The smallest absolute Gasteiger partial charge is 0.325 e. The van der Waals surface area contributed by atoms with E-state index in [1.165, 1.54) is 0 Å². The molecule has 1 heterocycles. The first-order chi connectivity index (χ1) is 14.3. The largest absolute Gasteiger partial charge is 0.341 e. The molecule has 1 saturated heterocycles. The average Bonchev–Trinajstić information content (AvgIpc) is 2.97. The fourth-order valence-electron chi connectivity index (χ4n) is 4.76. The molecule has 2 aromatic carbocycles. The third kappa shape index (κ3) is 3.44. The van der Waals surface area contributed by atoms with E-state index in [1.807, 2.05) is 42.5 Å². The lowest BCUT2D eigenvalue weighted by Crippen LogP contribution is -2.47. The van der Waals surface area contributed by atoms with Crippen molar-refractivity contribution in [1.29, 1.82) is 0 Å². The number of carbonyl (C=O) groups excluding carboxylic acids is 3. The van der Waals surface area contributed by atoms with Crippen molar-refractivity contribution in [1.82, 2.24) is 15.1 Å². The maximum atomic E-state index is 13.3. The van der Waals surface area contributed by atoms with Gasteiger partial charge in [0.15, 0.2) is 0 Å². The number of carbonyl (C=O) groups is 3. The van der Waals surface area contributed by atoms with E-state index in [9.17, 15) is 14.4 Å². The second-order valence-electron chi connectivity index (χ2n) is 8.89. The highest BCUT2D eigenvalue weighted by atomic mass is 16.2. The van der Waals surface area contributed by atoms with Crippen LogP contribution in [0.1, 0.15) is 45.1 Å². The molecule has 0 unspecified atom stereocenters. The van der Waals surface area contributed by atoms with E-state index in [1.54, 1.807) is 18.9 Å². The second kappa shape index (κ2) is 7.74. The van der Waals surface area contributed by atoms with E-state index < -0.39 is 11.6 Å². The quantitative estimate of drug-likeness (QED) is 0.787. The first-order valence-corrected chi connectivity index (χ1v) is 10.7. The number of likely N-dealkylation sites (N-methyl/N-ethyl adjacent to an activating group) is 1. The van der Waals surface area contributed by atoms with Crippen LogP contribution in [0.2, 0.25) is 0 Å². The number of benzene rings is 2. The summed E-state index contributed by atoms with van der Waals surface area (Å²) in [6.45, 7) is 3.72. The Morgan fingerprint density at radius 1 is 1.10 bits per heavy atom. The van der Waals surface area contributed by atoms with Crippen molar-refractivity contribution >= 4 is 28.6 Å². The molecule has 0 spiro atoms. The van der Waals surface area contributed by atoms with Gasteiger partial charge in [-0.15, -0.1) is 0 Å². The van der Waals surface area contributed by atoms with Crippen LogP contribution in [0, 0.1) is 5.92 Å². The van der Waals surface area contributed by atoms with Gasteiger partial charge in [-0.2, -0.15) is 0 Å². The van der Waals surface area contributed by atoms with Crippen LogP contribution < -0.4 is 5.32 Å². The van der Waals surface area contributed by atoms with Crippen molar-refractivity contribution in [2.24, 2.45) is 5.92 Å². The molecule has 1 saturated carbocycles. The van der Waals surface area contributed by atoms with E-state index in [4.69, 9.17) is 0 Å². The Morgan fingerprint density at radius 2 is 1.77 bits per heavy atom. The predicted octanol–water partition coefficient (Wildman–Crippen LogP) is 3.64. The lowest BCUT2D eigenvalue weighted by molar-refractivity contribution is -0.139. The maximum Gasteiger partial charge on any atom is 0.325 e. The molecule has 0 bridgehead atoms. The molecule has 1 aliphatic carbocycles. The molecule has 2 aromatic rings. The summed E-state index contributed by atoms with van der Waals surface area (Å²) in [5, 5.41) is 4.75. The molecule has 6 heteroatoms. The molecule has 4 amide bonds. The van der Waals surface area contributed by atoms with Gasteiger partial charge in [0, 0.05) is 13.1 Å². The van der Waals surface area contributed by atoms with Crippen molar-refractivity contribution in [2.75, 3.05) is 13.6 Å². The van der Waals surface area contributed by atoms with E-state index in [2.05, 4.69) is 12.2 Å². The monoisotopic (exact) mass is 407 g/mol. The molecule has 1 N–H and O–H groups in total. The third-order valence-electron chi connectivity index (χ3n) is 6.82. The van der Waals surface area contributed by atoms with E-state index in [0.29, 0.717) is 5.92 Å². The molecule has 1 atom stereocenters. The summed E-state index contributed by atoms with van der Waals surface area (Å²) < 4.78 is 0. The van der Waals surface area contributed by atoms with Crippen molar-refractivity contribution in [3.8, 4) is 0 Å². The van der Waals surface area contributed by atoms with Gasteiger partial charge >= 0.3 is 6.03 Å². The van der Waals surface area contributed by atoms with Gasteiger partial charge in [0.25, 0.3) is 5.91 Å². The van der Waals surface area contributed by atoms with Crippen LogP contribution in [0.15, 0.2) is 42.5 Å². The molecular weight excluding hydrogens is 378 g/mol. The van der Waals surface area contributed by atoms with Crippen LogP contribution in [0.5, 0.6) is 0 Å². The topological polar surface area (TPSA) is 69.7 Å².